The van der Waals surface area contributed by atoms with Gasteiger partial charge in [0.25, 0.3) is 0 Å². The third kappa shape index (κ3) is 2.47. The number of methoxy groups -OCH3 is 1. The standard InChI is InChI=1S/C16H20N2O3S/c1-18(12-9-10-17-11-12)22(19,20)16-8-7-15(21-2)13-5-3-4-6-14(13)16/h3-8,12,17H,9-11H2,1-2H3. The maximum Gasteiger partial charge on any atom is 0.243 e. The average molecular weight is 320 g/mol. The summed E-state index contributed by atoms with van der Waals surface area (Å²) < 4.78 is 32.8. The first kappa shape index (κ1) is 15.3. The summed E-state index contributed by atoms with van der Waals surface area (Å²) in [5.41, 5.74) is 0. The number of fused-ring (bicyclic) bond motifs is 1. The molecule has 22 heavy (non-hydrogen) atoms. The Morgan fingerprint density at radius 2 is 1.91 bits per heavy atom. The summed E-state index contributed by atoms with van der Waals surface area (Å²) in [6.07, 6.45) is 0.837. The lowest BCUT2D eigenvalue weighted by Gasteiger charge is -2.24. The van der Waals surface area contributed by atoms with Gasteiger partial charge < -0.3 is 10.1 Å². The van der Waals surface area contributed by atoms with Crippen molar-refractivity contribution >= 4 is 20.8 Å². The molecule has 118 valence electrons. The highest BCUT2D eigenvalue weighted by atomic mass is 32.2. The van der Waals surface area contributed by atoms with Crippen molar-refractivity contribution in [1.82, 2.24) is 9.62 Å². The fourth-order valence-corrected chi connectivity index (χ4v) is 4.53. The van der Waals surface area contributed by atoms with Crippen LogP contribution in [0.4, 0.5) is 0 Å². The highest BCUT2D eigenvalue weighted by Crippen LogP contribution is 2.32. The number of hydrogen-bond acceptors (Lipinski definition) is 4. The van der Waals surface area contributed by atoms with E-state index in [2.05, 4.69) is 5.32 Å². The van der Waals surface area contributed by atoms with E-state index in [1.165, 1.54) is 4.31 Å². The second-order valence-electron chi connectivity index (χ2n) is 5.48. The first-order valence-corrected chi connectivity index (χ1v) is 8.74. The summed E-state index contributed by atoms with van der Waals surface area (Å²) >= 11 is 0. The van der Waals surface area contributed by atoms with Gasteiger partial charge in [0, 0.05) is 30.4 Å². The predicted molar refractivity (Wildman–Crippen MR) is 86.7 cm³/mol. The van der Waals surface area contributed by atoms with E-state index in [0.717, 1.165) is 18.4 Å². The molecule has 1 N–H and O–H groups in total. The van der Waals surface area contributed by atoms with Gasteiger partial charge in [0.1, 0.15) is 5.75 Å². The van der Waals surface area contributed by atoms with Gasteiger partial charge in [-0.2, -0.15) is 4.31 Å². The fraction of sp³-hybridized carbons (Fsp3) is 0.375. The van der Waals surface area contributed by atoms with E-state index >= 15 is 0 Å². The summed E-state index contributed by atoms with van der Waals surface area (Å²) in [5, 5.41) is 4.71. The lowest BCUT2D eigenvalue weighted by molar-refractivity contribution is 0.388. The molecule has 1 heterocycles. The molecular weight excluding hydrogens is 300 g/mol. The largest absolute Gasteiger partial charge is 0.496 e. The van der Waals surface area contributed by atoms with Crippen LogP contribution in [0.25, 0.3) is 10.8 Å². The van der Waals surface area contributed by atoms with Gasteiger partial charge >= 0.3 is 0 Å². The first-order valence-electron chi connectivity index (χ1n) is 7.30. The molecule has 3 rings (SSSR count). The monoisotopic (exact) mass is 320 g/mol. The Bertz CT molecular complexity index is 783. The van der Waals surface area contributed by atoms with Gasteiger partial charge in [-0.1, -0.05) is 24.3 Å². The van der Waals surface area contributed by atoms with Gasteiger partial charge in [-0.25, -0.2) is 8.42 Å². The zero-order valence-corrected chi connectivity index (χ0v) is 13.6. The molecule has 0 amide bonds. The number of rotatable bonds is 4. The van der Waals surface area contributed by atoms with Crippen molar-refractivity contribution in [2.45, 2.75) is 17.4 Å². The van der Waals surface area contributed by atoms with E-state index < -0.39 is 10.0 Å². The number of sulfonamides is 1. The summed E-state index contributed by atoms with van der Waals surface area (Å²) in [4.78, 5) is 0.332. The lowest BCUT2D eigenvalue weighted by Crippen LogP contribution is -2.38. The Morgan fingerprint density at radius 3 is 2.55 bits per heavy atom. The van der Waals surface area contributed by atoms with Crippen molar-refractivity contribution in [3.63, 3.8) is 0 Å². The number of nitrogens with zero attached hydrogens (tertiary/aromatic N) is 1. The van der Waals surface area contributed by atoms with E-state index in [4.69, 9.17) is 4.74 Å². The molecular formula is C16H20N2O3S. The first-order chi connectivity index (χ1) is 10.6. The zero-order chi connectivity index (χ0) is 15.7. The molecule has 6 heteroatoms. The number of ether oxygens (including phenoxy) is 1. The van der Waals surface area contributed by atoms with Crippen molar-refractivity contribution in [3.05, 3.63) is 36.4 Å². The second-order valence-corrected chi connectivity index (χ2v) is 7.45. The van der Waals surface area contributed by atoms with Crippen LogP contribution in [0.1, 0.15) is 6.42 Å². The molecule has 5 nitrogen and oxygen atoms in total. The molecule has 0 aromatic heterocycles. The smallest absolute Gasteiger partial charge is 0.243 e. The van der Waals surface area contributed by atoms with Crippen LogP contribution in [0.5, 0.6) is 5.75 Å². The average Bonchev–Trinajstić information content (AvgIpc) is 3.07. The molecule has 1 aliphatic heterocycles. The maximum absolute atomic E-state index is 13.0. The normalized spacial score (nSPS) is 19.0. The zero-order valence-electron chi connectivity index (χ0n) is 12.7. The van der Waals surface area contributed by atoms with Crippen LogP contribution >= 0.6 is 0 Å². The minimum atomic E-state index is -3.54. The molecule has 0 bridgehead atoms. The molecule has 2 aromatic rings. The SMILES string of the molecule is COc1ccc(S(=O)(=O)N(C)C2CCNC2)c2ccccc12. The van der Waals surface area contributed by atoms with Crippen LogP contribution in [0, 0.1) is 0 Å². The highest BCUT2D eigenvalue weighted by Gasteiger charge is 2.31. The van der Waals surface area contributed by atoms with E-state index in [0.29, 0.717) is 22.6 Å². The Kier molecular flexibility index (Phi) is 4.08. The van der Waals surface area contributed by atoms with Gasteiger partial charge in [-0.3, -0.25) is 0 Å². The van der Waals surface area contributed by atoms with Gasteiger partial charge in [0.15, 0.2) is 0 Å². The summed E-state index contributed by atoms with van der Waals surface area (Å²) in [7, 11) is -0.288. The molecule has 0 aliphatic carbocycles. The molecule has 0 saturated carbocycles. The van der Waals surface area contributed by atoms with Crippen molar-refractivity contribution in [2.75, 3.05) is 27.2 Å². The minimum absolute atomic E-state index is 0.00543. The number of benzene rings is 2. The third-order valence-corrected chi connectivity index (χ3v) is 6.24. The number of nitrogens with one attached hydrogen (secondary N) is 1. The number of likely N-dealkylation sites (N-methyl/N-ethyl adjacent to an activating group) is 1. The van der Waals surface area contributed by atoms with Crippen LogP contribution in [-0.4, -0.2) is 46.0 Å². The van der Waals surface area contributed by atoms with E-state index in [-0.39, 0.29) is 6.04 Å². The summed E-state index contributed by atoms with van der Waals surface area (Å²) in [5.74, 6) is 0.680. The van der Waals surface area contributed by atoms with Crippen molar-refractivity contribution < 1.29 is 13.2 Å². The van der Waals surface area contributed by atoms with Crippen LogP contribution in [0.3, 0.4) is 0 Å². The van der Waals surface area contributed by atoms with Gasteiger partial charge in [0.05, 0.1) is 12.0 Å². The Morgan fingerprint density at radius 1 is 1.18 bits per heavy atom. The van der Waals surface area contributed by atoms with Crippen molar-refractivity contribution in [1.29, 1.82) is 0 Å². The Labute approximate surface area is 130 Å². The fourth-order valence-electron chi connectivity index (χ4n) is 2.95. The lowest BCUT2D eigenvalue weighted by atomic mass is 10.1. The number of hydrogen-bond donors (Lipinski definition) is 1. The van der Waals surface area contributed by atoms with Crippen LogP contribution < -0.4 is 10.1 Å². The third-order valence-electron chi connectivity index (χ3n) is 4.27. The maximum atomic E-state index is 13.0. The molecule has 0 spiro atoms. The Hall–Kier alpha value is -1.63. The van der Waals surface area contributed by atoms with E-state index in [1.807, 2.05) is 24.3 Å². The molecule has 1 atom stereocenters. The van der Waals surface area contributed by atoms with E-state index in [1.54, 1.807) is 26.3 Å². The topological polar surface area (TPSA) is 58.6 Å². The van der Waals surface area contributed by atoms with Crippen LogP contribution in [-0.2, 0) is 10.0 Å². The Balaban J connectivity index is 2.13. The minimum Gasteiger partial charge on any atom is -0.496 e. The molecule has 1 unspecified atom stereocenters. The molecule has 1 aliphatic rings. The summed E-state index contributed by atoms with van der Waals surface area (Å²) in [6, 6.07) is 10.8. The molecule has 2 aromatic carbocycles. The van der Waals surface area contributed by atoms with Gasteiger partial charge in [0.2, 0.25) is 10.0 Å². The van der Waals surface area contributed by atoms with Crippen LogP contribution in [0.2, 0.25) is 0 Å². The van der Waals surface area contributed by atoms with Crippen molar-refractivity contribution in [2.24, 2.45) is 0 Å². The van der Waals surface area contributed by atoms with Crippen LogP contribution in [0.15, 0.2) is 41.3 Å². The van der Waals surface area contributed by atoms with Crippen molar-refractivity contribution in [3.8, 4) is 5.75 Å². The molecule has 1 fully saturated rings. The second kappa shape index (κ2) is 5.87. The van der Waals surface area contributed by atoms with Gasteiger partial charge in [-0.05, 0) is 25.1 Å². The predicted octanol–water partition coefficient (Wildman–Crippen LogP) is 1.83. The quantitative estimate of drug-likeness (QED) is 0.934. The van der Waals surface area contributed by atoms with Gasteiger partial charge in [-0.15, -0.1) is 0 Å². The molecule has 0 radical (unpaired) electrons. The highest BCUT2D eigenvalue weighted by molar-refractivity contribution is 7.89. The van der Waals surface area contributed by atoms with E-state index in [9.17, 15) is 8.42 Å². The summed E-state index contributed by atoms with van der Waals surface area (Å²) in [6.45, 7) is 1.55. The molecule has 1 saturated heterocycles.